The van der Waals surface area contributed by atoms with Gasteiger partial charge in [0.25, 0.3) is 0 Å². The van der Waals surface area contributed by atoms with Crippen LogP contribution in [0.4, 0.5) is 0 Å². The van der Waals surface area contributed by atoms with E-state index in [4.69, 9.17) is 5.73 Å². The van der Waals surface area contributed by atoms with Gasteiger partial charge in [0.2, 0.25) is 15.9 Å². The van der Waals surface area contributed by atoms with Gasteiger partial charge in [-0.05, 0) is 37.0 Å². The molecule has 0 unspecified atom stereocenters. The third-order valence-electron chi connectivity index (χ3n) is 3.14. The molecule has 1 aromatic rings. The zero-order valence-electron chi connectivity index (χ0n) is 11.3. The van der Waals surface area contributed by atoms with Crippen LogP contribution in [0.2, 0.25) is 0 Å². The second kappa shape index (κ2) is 5.90. The van der Waals surface area contributed by atoms with E-state index in [0.717, 1.165) is 18.4 Å². The van der Waals surface area contributed by atoms with Crippen molar-refractivity contribution >= 4 is 15.9 Å². The van der Waals surface area contributed by atoms with Crippen molar-refractivity contribution in [3.8, 4) is 0 Å². The van der Waals surface area contributed by atoms with Gasteiger partial charge in [-0.15, -0.1) is 0 Å². The number of hydrogen-bond acceptors (Lipinski definition) is 4. The minimum atomic E-state index is -3.70. The van der Waals surface area contributed by atoms with Crippen LogP contribution < -0.4 is 15.8 Å². The summed E-state index contributed by atoms with van der Waals surface area (Å²) >= 11 is 0. The van der Waals surface area contributed by atoms with E-state index < -0.39 is 10.0 Å². The van der Waals surface area contributed by atoms with Gasteiger partial charge in [0.05, 0.1) is 11.4 Å². The van der Waals surface area contributed by atoms with Gasteiger partial charge in [-0.3, -0.25) is 4.79 Å². The zero-order chi connectivity index (χ0) is 14.8. The predicted octanol–water partition coefficient (Wildman–Crippen LogP) is 0.0106. The molecule has 7 heteroatoms. The van der Waals surface area contributed by atoms with Crippen LogP contribution in [0.25, 0.3) is 0 Å². The molecule has 2 rings (SSSR count). The normalized spacial score (nSPS) is 15.1. The maximum Gasteiger partial charge on any atom is 0.241 e. The third kappa shape index (κ3) is 3.78. The van der Waals surface area contributed by atoms with E-state index >= 15 is 0 Å². The third-order valence-corrected chi connectivity index (χ3v) is 4.69. The molecule has 4 N–H and O–H groups in total. The van der Waals surface area contributed by atoms with Crippen LogP contribution in [-0.2, 0) is 21.4 Å². The largest absolute Gasteiger partial charge is 0.352 e. The van der Waals surface area contributed by atoms with Crippen molar-refractivity contribution in [2.75, 3.05) is 6.54 Å². The molecule has 0 aliphatic heterocycles. The molecular formula is C13H19N3O3S. The molecule has 0 heterocycles. The maximum absolute atomic E-state index is 12.2. The summed E-state index contributed by atoms with van der Waals surface area (Å²) in [5.74, 6) is -0.302. The lowest BCUT2D eigenvalue weighted by Crippen LogP contribution is -2.38. The summed E-state index contributed by atoms with van der Waals surface area (Å²) in [6, 6.07) is 5.25. The average Bonchev–Trinajstić information content (AvgIpc) is 3.21. The van der Waals surface area contributed by atoms with Crippen molar-refractivity contribution in [1.82, 2.24) is 10.0 Å². The van der Waals surface area contributed by atoms with Crippen molar-refractivity contribution in [2.45, 2.75) is 37.2 Å². The fourth-order valence-corrected chi connectivity index (χ4v) is 3.08. The lowest BCUT2D eigenvalue weighted by molar-refractivity contribution is -0.120. The van der Waals surface area contributed by atoms with Crippen LogP contribution in [0, 0.1) is 6.92 Å². The molecule has 110 valence electrons. The van der Waals surface area contributed by atoms with Gasteiger partial charge in [0, 0.05) is 12.6 Å². The van der Waals surface area contributed by atoms with Crippen LogP contribution in [-0.4, -0.2) is 26.9 Å². The second-order valence-corrected chi connectivity index (χ2v) is 6.71. The maximum atomic E-state index is 12.2. The Morgan fingerprint density at radius 2 is 2.10 bits per heavy atom. The molecule has 0 saturated heterocycles. The van der Waals surface area contributed by atoms with Crippen LogP contribution in [0.1, 0.15) is 24.0 Å². The zero-order valence-corrected chi connectivity index (χ0v) is 12.2. The molecule has 0 aromatic heterocycles. The Morgan fingerprint density at radius 3 is 2.70 bits per heavy atom. The topological polar surface area (TPSA) is 101 Å². The molecule has 6 nitrogen and oxygen atoms in total. The number of rotatable bonds is 6. The Bertz CT molecular complexity index is 609. The van der Waals surface area contributed by atoms with Gasteiger partial charge in [-0.2, -0.15) is 0 Å². The van der Waals surface area contributed by atoms with E-state index in [0.29, 0.717) is 5.56 Å². The van der Waals surface area contributed by atoms with Crippen molar-refractivity contribution in [1.29, 1.82) is 0 Å². The minimum Gasteiger partial charge on any atom is -0.352 e. The number of amides is 1. The average molecular weight is 297 g/mol. The van der Waals surface area contributed by atoms with Crippen LogP contribution in [0.3, 0.4) is 0 Å². The molecular weight excluding hydrogens is 278 g/mol. The van der Waals surface area contributed by atoms with Gasteiger partial charge in [-0.1, -0.05) is 12.1 Å². The summed E-state index contributed by atoms with van der Waals surface area (Å²) in [7, 11) is -3.70. The fourth-order valence-electron chi connectivity index (χ4n) is 1.81. The summed E-state index contributed by atoms with van der Waals surface area (Å²) in [4.78, 5) is 11.7. The number of hydrogen-bond donors (Lipinski definition) is 3. The summed E-state index contributed by atoms with van der Waals surface area (Å²) < 4.78 is 26.7. The number of benzene rings is 1. The molecule has 1 aliphatic carbocycles. The van der Waals surface area contributed by atoms with Crippen LogP contribution >= 0.6 is 0 Å². The fraction of sp³-hybridized carbons (Fsp3) is 0.462. The molecule has 1 saturated carbocycles. The minimum absolute atomic E-state index is 0.166. The molecule has 0 radical (unpaired) electrons. The number of nitrogens with two attached hydrogens (primary N) is 1. The van der Waals surface area contributed by atoms with E-state index in [1.807, 2.05) is 0 Å². The van der Waals surface area contributed by atoms with Crippen LogP contribution in [0.15, 0.2) is 23.1 Å². The van der Waals surface area contributed by atoms with Gasteiger partial charge < -0.3 is 11.1 Å². The van der Waals surface area contributed by atoms with E-state index in [1.54, 1.807) is 19.1 Å². The molecule has 20 heavy (non-hydrogen) atoms. The van der Waals surface area contributed by atoms with Crippen LogP contribution in [0.5, 0.6) is 0 Å². The number of nitrogens with one attached hydrogen (secondary N) is 2. The highest BCUT2D eigenvalue weighted by Crippen LogP contribution is 2.18. The van der Waals surface area contributed by atoms with E-state index in [1.165, 1.54) is 6.07 Å². The first-order chi connectivity index (χ1) is 9.42. The standard InChI is InChI=1S/C13H19N3O3S/c1-9-2-3-10(7-14)6-12(9)20(18,19)15-8-13(17)16-11-4-5-11/h2-3,6,11,15H,4-5,7-8,14H2,1H3,(H,16,17). The highest BCUT2D eigenvalue weighted by atomic mass is 32.2. The summed E-state index contributed by atoms with van der Waals surface area (Å²) in [6.07, 6.45) is 1.94. The first-order valence-electron chi connectivity index (χ1n) is 6.51. The molecule has 1 aliphatic rings. The first-order valence-corrected chi connectivity index (χ1v) is 7.99. The Hall–Kier alpha value is -1.44. The van der Waals surface area contributed by atoms with Crippen molar-refractivity contribution < 1.29 is 13.2 Å². The number of aryl methyl sites for hydroxylation is 1. The lowest BCUT2D eigenvalue weighted by atomic mass is 10.1. The summed E-state index contributed by atoms with van der Waals surface area (Å²) in [6.45, 7) is 1.73. The Labute approximate surface area is 118 Å². The molecule has 1 aromatic carbocycles. The smallest absolute Gasteiger partial charge is 0.241 e. The summed E-state index contributed by atoms with van der Waals surface area (Å²) in [5, 5.41) is 2.73. The van der Waals surface area contributed by atoms with Gasteiger partial charge >= 0.3 is 0 Å². The second-order valence-electron chi connectivity index (χ2n) is 4.97. The molecule has 0 atom stereocenters. The lowest BCUT2D eigenvalue weighted by Gasteiger charge is -2.10. The van der Waals surface area contributed by atoms with Crippen molar-refractivity contribution in [3.63, 3.8) is 0 Å². The van der Waals surface area contributed by atoms with E-state index in [2.05, 4.69) is 10.0 Å². The number of carbonyl (C=O) groups is 1. The Balaban J connectivity index is 2.06. The van der Waals surface area contributed by atoms with Gasteiger partial charge in [0.1, 0.15) is 0 Å². The van der Waals surface area contributed by atoms with E-state index in [-0.39, 0.29) is 29.9 Å². The Morgan fingerprint density at radius 1 is 1.40 bits per heavy atom. The number of carbonyl (C=O) groups excluding carboxylic acids is 1. The highest BCUT2D eigenvalue weighted by molar-refractivity contribution is 7.89. The predicted molar refractivity (Wildman–Crippen MR) is 75.4 cm³/mol. The highest BCUT2D eigenvalue weighted by Gasteiger charge is 2.24. The monoisotopic (exact) mass is 297 g/mol. The van der Waals surface area contributed by atoms with E-state index in [9.17, 15) is 13.2 Å². The molecule has 0 bridgehead atoms. The molecule has 1 fully saturated rings. The van der Waals surface area contributed by atoms with Crippen molar-refractivity contribution in [2.24, 2.45) is 5.73 Å². The van der Waals surface area contributed by atoms with Gasteiger partial charge in [0.15, 0.2) is 0 Å². The molecule has 1 amide bonds. The summed E-state index contributed by atoms with van der Waals surface area (Å²) in [5.41, 5.74) is 6.87. The Kier molecular flexibility index (Phi) is 4.42. The first kappa shape index (κ1) is 15.0. The quantitative estimate of drug-likeness (QED) is 0.688. The SMILES string of the molecule is Cc1ccc(CN)cc1S(=O)(=O)NCC(=O)NC1CC1. The molecule has 0 spiro atoms. The van der Waals surface area contributed by atoms with Crippen molar-refractivity contribution in [3.05, 3.63) is 29.3 Å². The van der Waals surface area contributed by atoms with Gasteiger partial charge in [-0.25, -0.2) is 13.1 Å². The number of sulfonamides is 1.